The van der Waals surface area contributed by atoms with Crippen LogP contribution in [-0.2, 0) is 0 Å². The molecule has 4 heteroatoms. The highest BCUT2D eigenvalue weighted by molar-refractivity contribution is 5.72. The largest absolute Gasteiger partial charge is 0.375 e. The van der Waals surface area contributed by atoms with E-state index < -0.39 is 6.35 Å². The van der Waals surface area contributed by atoms with Crippen LogP contribution in [0, 0.1) is 0 Å². The van der Waals surface area contributed by atoms with Gasteiger partial charge >= 0.3 is 0 Å². The van der Waals surface area contributed by atoms with E-state index in [1.165, 1.54) is 0 Å². The summed E-state index contributed by atoms with van der Waals surface area (Å²) in [5.41, 5.74) is 0. The fourth-order valence-electron chi connectivity index (χ4n) is 0.579. The van der Waals surface area contributed by atoms with Gasteiger partial charge in [-0.2, -0.15) is 0 Å². The highest BCUT2D eigenvalue weighted by Crippen LogP contribution is 1.90. The second-order valence-electron chi connectivity index (χ2n) is 1.65. The van der Waals surface area contributed by atoms with Crippen molar-refractivity contribution in [2.45, 2.75) is 6.35 Å². The molecular weight excluding hydrogens is 118 g/mol. The number of aliphatic hydroxyl groups is 1. The normalized spacial score (nSPS) is 24.7. The third kappa shape index (κ3) is 1.43. The minimum atomic E-state index is -0.794. The summed E-state index contributed by atoms with van der Waals surface area (Å²) in [5.74, 6) is 0.775. The second kappa shape index (κ2) is 2.50. The predicted molar refractivity (Wildman–Crippen MR) is 34.8 cm³/mol. The van der Waals surface area contributed by atoms with Crippen molar-refractivity contribution in [3.8, 4) is 0 Å². The van der Waals surface area contributed by atoms with Crippen molar-refractivity contribution in [3.63, 3.8) is 0 Å². The van der Waals surface area contributed by atoms with Gasteiger partial charge < -0.3 is 15.7 Å². The Labute approximate surface area is 53.3 Å². The van der Waals surface area contributed by atoms with Gasteiger partial charge in [-0.05, 0) is 6.08 Å². The minimum absolute atomic E-state index is 0.775. The van der Waals surface area contributed by atoms with Crippen molar-refractivity contribution in [1.82, 2.24) is 10.6 Å². The first-order valence-corrected chi connectivity index (χ1v) is 2.69. The Hall–Kier alpha value is -1.03. The van der Waals surface area contributed by atoms with E-state index in [0.29, 0.717) is 0 Å². The lowest BCUT2D eigenvalue weighted by atomic mass is 10.5. The highest BCUT2D eigenvalue weighted by Gasteiger charge is 2.02. The van der Waals surface area contributed by atoms with Crippen molar-refractivity contribution >= 4 is 6.21 Å². The molecule has 0 saturated carbocycles. The summed E-state index contributed by atoms with van der Waals surface area (Å²) < 4.78 is 0. The third-order valence-electron chi connectivity index (χ3n) is 1.02. The van der Waals surface area contributed by atoms with Gasteiger partial charge in [0.1, 0.15) is 5.82 Å². The molecule has 0 bridgehead atoms. The lowest BCUT2D eigenvalue weighted by Crippen LogP contribution is -2.34. The lowest BCUT2D eigenvalue weighted by molar-refractivity contribution is 0.156. The first kappa shape index (κ1) is 6.10. The molecule has 0 amide bonds. The Morgan fingerprint density at radius 2 is 2.67 bits per heavy atom. The van der Waals surface area contributed by atoms with Crippen LogP contribution in [0.5, 0.6) is 0 Å². The van der Waals surface area contributed by atoms with Crippen LogP contribution >= 0.6 is 0 Å². The molecule has 9 heavy (non-hydrogen) atoms. The van der Waals surface area contributed by atoms with Gasteiger partial charge in [0, 0.05) is 13.3 Å². The fourth-order valence-corrected chi connectivity index (χ4v) is 0.579. The highest BCUT2D eigenvalue weighted by atomic mass is 16.3. The zero-order valence-electron chi connectivity index (χ0n) is 5.13. The summed E-state index contributed by atoms with van der Waals surface area (Å²) in [4.78, 5) is 3.63. The molecule has 0 fully saturated rings. The first-order valence-electron chi connectivity index (χ1n) is 2.69. The summed E-state index contributed by atoms with van der Waals surface area (Å²) in [6.45, 7) is 0. The fraction of sp³-hybridized carbons (Fsp3) is 0.400. The molecule has 1 atom stereocenters. The molecule has 0 aromatic heterocycles. The number of hydrogen-bond acceptors (Lipinski definition) is 4. The molecule has 1 aliphatic rings. The van der Waals surface area contributed by atoms with Crippen molar-refractivity contribution in [2.24, 2.45) is 4.99 Å². The topological polar surface area (TPSA) is 56.7 Å². The Kier molecular flexibility index (Phi) is 1.69. The zero-order valence-corrected chi connectivity index (χ0v) is 5.13. The molecule has 3 N–H and O–H groups in total. The van der Waals surface area contributed by atoms with Crippen LogP contribution in [0.3, 0.4) is 0 Å². The standard InChI is InChI=1S/C5H9N3O/c1-6-4-2-3-7-5(9)8-4/h2-3,5-6,8-9H,1H3. The van der Waals surface area contributed by atoms with Crippen LogP contribution in [0.25, 0.3) is 0 Å². The molecule has 50 valence electrons. The van der Waals surface area contributed by atoms with Gasteiger partial charge in [-0.3, -0.25) is 0 Å². The quantitative estimate of drug-likeness (QED) is 0.423. The molecule has 1 aliphatic heterocycles. The van der Waals surface area contributed by atoms with Crippen LogP contribution in [-0.4, -0.2) is 24.7 Å². The Morgan fingerprint density at radius 3 is 3.11 bits per heavy atom. The number of rotatable bonds is 1. The smallest absolute Gasteiger partial charge is 0.224 e. The van der Waals surface area contributed by atoms with Crippen LogP contribution in [0.2, 0.25) is 0 Å². The van der Waals surface area contributed by atoms with E-state index in [4.69, 9.17) is 5.11 Å². The molecule has 0 aliphatic carbocycles. The maximum atomic E-state index is 8.82. The van der Waals surface area contributed by atoms with E-state index in [0.717, 1.165) is 5.82 Å². The van der Waals surface area contributed by atoms with Gasteiger partial charge in [-0.15, -0.1) is 0 Å². The van der Waals surface area contributed by atoms with Gasteiger partial charge in [0.25, 0.3) is 0 Å². The van der Waals surface area contributed by atoms with Gasteiger partial charge in [0.15, 0.2) is 0 Å². The number of nitrogens with zero attached hydrogens (tertiary/aromatic N) is 1. The molecule has 0 spiro atoms. The molecular formula is C5H9N3O. The van der Waals surface area contributed by atoms with Crippen molar-refractivity contribution in [2.75, 3.05) is 7.05 Å². The lowest BCUT2D eigenvalue weighted by Gasteiger charge is -2.15. The van der Waals surface area contributed by atoms with Gasteiger partial charge in [0.05, 0.1) is 0 Å². The van der Waals surface area contributed by atoms with Gasteiger partial charge in [-0.25, -0.2) is 4.99 Å². The Morgan fingerprint density at radius 1 is 1.89 bits per heavy atom. The average Bonchev–Trinajstić information content (AvgIpc) is 1.88. The number of nitrogens with one attached hydrogen (secondary N) is 2. The van der Waals surface area contributed by atoms with E-state index in [1.54, 1.807) is 19.3 Å². The van der Waals surface area contributed by atoms with Crippen LogP contribution in [0.1, 0.15) is 0 Å². The summed E-state index contributed by atoms with van der Waals surface area (Å²) in [5, 5.41) is 14.3. The van der Waals surface area contributed by atoms with Gasteiger partial charge in [0.2, 0.25) is 6.35 Å². The molecule has 0 aromatic carbocycles. The Bertz CT molecular complexity index is 152. The second-order valence-corrected chi connectivity index (χ2v) is 1.65. The minimum Gasteiger partial charge on any atom is -0.375 e. The van der Waals surface area contributed by atoms with E-state index >= 15 is 0 Å². The number of allylic oxidation sites excluding steroid dienone is 1. The summed E-state index contributed by atoms with van der Waals surface area (Å²) in [6.07, 6.45) is 2.50. The molecule has 0 aromatic rings. The van der Waals surface area contributed by atoms with E-state index in [2.05, 4.69) is 15.6 Å². The maximum Gasteiger partial charge on any atom is 0.224 e. The van der Waals surface area contributed by atoms with Crippen molar-refractivity contribution < 1.29 is 5.11 Å². The molecule has 0 radical (unpaired) electrons. The molecule has 0 saturated heterocycles. The third-order valence-corrected chi connectivity index (χ3v) is 1.02. The zero-order chi connectivity index (χ0) is 6.69. The average molecular weight is 127 g/mol. The van der Waals surface area contributed by atoms with Crippen LogP contribution in [0.15, 0.2) is 16.9 Å². The molecule has 1 unspecified atom stereocenters. The summed E-state index contributed by atoms with van der Waals surface area (Å²) in [7, 11) is 1.77. The monoisotopic (exact) mass is 127 g/mol. The SMILES string of the molecule is CNC1=CC=NC(O)N1. The van der Waals surface area contributed by atoms with Crippen LogP contribution in [0.4, 0.5) is 0 Å². The van der Waals surface area contributed by atoms with E-state index in [-0.39, 0.29) is 0 Å². The van der Waals surface area contributed by atoms with E-state index in [1.807, 2.05) is 0 Å². The summed E-state index contributed by atoms with van der Waals surface area (Å²) in [6, 6.07) is 0. The number of hydrogen-bond donors (Lipinski definition) is 3. The number of aliphatic imine (C=N–C) groups is 1. The predicted octanol–water partition coefficient (Wildman–Crippen LogP) is -1.00. The Balaban J connectivity index is 2.55. The van der Waals surface area contributed by atoms with Gasteiger partial charge in [-0.1, -0.05) is 0 Å². The maximum absolute atomic E-state index is 8.82. The van der Waals surface area contributed by atoms with Crippen LogP contribution < -0.4 is 10.6 Å². The number of aliphatic hydroxyl groups excluding tert-OH is 1. The molecule has 4 nitrogen and oxygen atoms in total. The van der Waals surface area contributed by atoms with Crippen molar-refractivity contribution in [3.05, 3.63) is 11.9 Å². The molecule has 1 heterocycles. The summed E-state index contributed by atoms with van der Waals surface area (Å²) >= 11 is 0. The first-order chi connectivity index (χ1) is 4.33. The van der Waals surface area contributed by atoms with Crippen molar-refractivity contribution in [1.29, 1.82) is 0 Å². The van der Waals surface area contributed by atoms with E-state index in [9.17, 15) is 0 Å². The molecule has 1 rings (SSSR count).